The number of aliphatic hydroxyl groups is 1. The Morgan fingerprint density at radius 2 is 1.07 bits per heavy atom. The van der Waals surface area contributed by atoms with Crippen molar-refractivity contribution in [3.05, 3.63) is 29.8 Å². The zero-order chi connectivity index (χ0) is 33.6. The monoisotopic (exact) mass is 676 g/mol. The molecule has 1 aliphatic heterocycles. The Kier molecular flexibility index (Phi) is 11.7. The average Bonchev–Trinajstić information content (AvgIpc) is 2.80. The lowest BCUT2D eigenvalue weighted by Gasteiger charge is -2.53. The standard InChI is InChI=1S/C31H60O8SSi3/c1-22-17-19-23(20-18-22)40(33,34)35-21-24-25(37-41(11,12)29(2,3)4)26(38-42(13,14)30(5,6)7)27(28(32)36-24)39-43(15,16)31(8,9)10/h17-20,24-28,32H,21H2,1-16H3/t24-,25-,26+,27-,28+/m1/s1. The van der Waals surface area contributed by atoms with Crippen LogP contribution in [0.1, 0.15) is 67.9 Å². The fraction of sp³-hybridized carbons (Fsp3) is 0.806. The fourth-order valence-electron chi connectivity index (χ4n) is 3.91. The number of aliphatic hydroxyl groups excluding tert-OH is 1. The molecule has 2 rings (SSSR count). The minimum Gasteiger partial charge on any atom is -0.408 e. The molecule has 1 heterocycles. The van der Waals surface area contributed by atoms with Gasteiger partial charge in [-0.3, -0.25) is 4.18 Å². The van der Waals surface area contributed by atoms with Gasteiger partial charge in [-0.2, -0.15) is 8.42 Å². The summed E-state index contributed by atoms with van der Waals surface area (Å²) in [5, 5.41) is 11.1. The van der Waals surface area contributed by atoms with Crippen molar-refractivity contribution >= 4 is 35.1 Å². The Bertz CT molecular complexity index is 1180. The molecule has 43 heavy (non-hydrogen) atoms. The van der Waals surface area contributed by atoms with Gasteiger partial charge in [0, 0.05) is 0 Å². The molecule has 1 saturated heterocycles. The Balaban J connectivity index is 2.65. The Hall–Kier alpha value is -0.419. The van der Waals surface area contributed by atoms with Crippen LogP contribution in [0.25, 0.3) is 0 Å². The second kappa shape index (κ2) is 13.0. The lowest BCUT2D eigenvalue weighted by molar-refractivity contribution is -0.275. The molecule has 1 aliphatic rings. The van der Waals surface area contributed by atoms with Gasteiger partial charge in [0.15, 0.2) is 31.2 Å². The van der Waals surface area contributed by atoms with Crippen molar-refractivity contribution in [3.63, 3.8) is 0 Å². The average molecular weight is 677 g/mol. The molecule has 0 radical (unpaired) electrons. The molecule has 0 bridgehead atoms. The molecular formula is C31H60O8SSi3. The van der Waals surface area contributed by atoms with E-state index in [9.17, 15) is 13.5 Å². The summed E-state index contributed by atoms with van der Waals surface area (Å²) in [4.78, 5) is 0.0598. The van der Waals surface area contributed by atoms with Gasteiger partial charge in [-0.05, 0) is 73.5 Å². The van der Waals surface area contributed by atoms with E-state index in [1.54, 1.807) is 12.1 Å². The lowest BCUT2D eigenvalue weighted by atomic mass is 9.99. The highest BCUT2D eigenvalue weighted by Gasteiger charge is 2.56. The van der Waals surface area contributed by atoms with Crippen LogP contribution in [0.3, 0.4) is 0 Å². The third-order valence-corrected chi connectivity index (χ3v) is 24.7. The molecule has 0 amide bonds. The molecule has 0 aromatic heterocycles. The van der Waals surface area contributed by atoms with Gasteiger partial charge in [0.1, 0.15) is 24.4 Å². The molecule has 0 saturated carbocycles. The summed E-state index contributed by atoms with van der Waals surface area (Å²) in [7, 11) is -11.4. The Labute approximate surface area is 265 Å². The van der Waals surface area contributed by atoms with Gasteiger partial charge in [0.2, 0.25) is 0 Å². The molecule has 8 nitrogen and oxygen atoms in total. The van der Waals surface area contributed by atoms with Gasteiger partial charge in [-0.1, -0.05) is 80.0 Å². The van der Waals surface area contributed by atoms with Gasteiger partial charge in [0.25, 0.3) is 10.1 Å². The van der Waals surface area contributed by atoms with Crippen LogP contribution in [-0.2, 0) is 32.3 Å². The molecule has 0 aliphatic carbocycles. The van der Waals surface area contributed by atoms with Crippen LogP contribution >= 0.6 is 0 Å². The highest BCUT2D eigenvalue weighted by atomic mass is 32.2. The van der Waals surface area contributed by atoms with E-state index in [2.05, 4.69) is 102 Å². The van der Waals surface area contributed by atoms with E-state index in [1.165, 1.54) is 12.1 Å². The van der Waals surface area contributed by atoms with E-state index in [-0.39, 0.29) is 26.6 Å². The van der Waals surface area contributed by atoms with Crippen LogP contribution in [0, 0.1) is 6.92 Å². The van der Waals surface area contributed by atoms with Crippen molar-refractivity contribution in [1.82, 2.24) is 0 Å². The summed E-state index contributed by atoms with van der Waals surface area (Å²) in [6.07, 6.45) is -4.54. The van der Waals surface area contributed by atoms with Crippen LogP contribution in [0.4, 0.5) is 0 Å². The molecule has 12 heteroatoms. The predicted molar refractivity (Wildman–Crippen MR) is 181 cm³/mol. The van der Waals surface area contributed by atoms with E-state index < -0.39 is 65.8 Å². The summed E-state index contributed by atoms with van der Waals surface area (Å²) >= 11 is 0. The number of hydrogen-bond donors (Lipinski definition) is 1. The minimum absolute atomic E-state index is 0.0598. The van der Waals surface area contributed by atoms with Gasteiger partial charge in [-0.25, -0.2) is 0 Å². The van der Waals surface area contributed by atoms with Crippen LogP contribution in [0.15, 0.2) is 29.2 Å². The van der Waals surface area contributed by atoms with E-state index in [0.29, 0.717) is 0 Å². The van der Waals surface area contributed by atoms with Gasteiger partial charge < -0.3 is 23.1 Å². The molecule has 1 aromatic carbocycles. The molecular weight excluding hydrogens is 617 g/mol. The van der Waals surface area contributed by atoms with Crippen molar-refractivity contribution in [3.8, 4) is 0 Å². The van der Waals surface area contributed by atoms with Gasteiger partial charge in [-0.15, -0.1) is 0 Å². The van der Waals surface area contributed by atoms with E-state index in [1.807, 2.05) is 6.92 Å². The van der Waals surface area contributed by atoms with Crippen LogP contribution in [-0.4, -0.2) is 75.8 Å². The van der Waals surface area contributed by atoms with Crippen LogP contribution in [0.2, 0.25) is 54.4 Å². The molecule has 0 spiro atoms. The maximum atomic E-state index is 13.2. The number of rotatable bonds is 10. The Morgan fingerprint density at radius 3 is 1.47 bits per heavy atom. The van der Waals surface area contributed by atoms with E-state index in [4.69, 9.17) is 22.2 Å². The second-order valence-electron chi connectivity index (χ2n) is 16.6. The molecule has 1 N–H and O–H groups in total. The summed E-state index contributed by atoms with van der Waals surface area (Å²) in [5.41, 5.74) is 0.943. The predicted octanol–water partition coefficient (Wildman–Crippen LogP) is 7.59. The molecule has 250 valence electrons. The molecule has 1 fully saturated rings. The minimum atomic E-state index is -4.09. The first-order valence-electron chi connectivity index (χ1n) is 15.4. The van der Waals surface area contributed by atoms with E-state index in [0.717, 1.165) is 5.56 Å². The third-order valence-electron chi connectivity index (χ3n) is 10.0. The highest BCUT2D eigenvalue weighted by molar-refractivity contribution is 7.86. The molecule has 1 aromatic rings. The summed E-state index contributed by atoms with van der Waals surface area (Å²) in [6.45, 7) is 33.8. The SMILES string of the molecule is Cc1ccc(S(=O)(=O)OC[C@H]2O[C@H](O)[C@H](O[Si](C)(C)C(C)(C)C)[C@@H](O[Si](C)(C)C(C)(C)C)[C@@H]2O[Si](C)(C)C(C)(C)C)cc1. The van der Waals surface area contributed by atoms with Crippen molar-refractivity contribution in [2.24, 2.45) is 0 Å². The largest absolute Gasteiger partial charge is 0.408 e. The first-order valence-corrected chi connectivity index (χ1v) is 25.5. The topological polar surface area (TPSA) is 101 Å². The number of hydrogen-bond acceptors (Lipinski definition) is 8. The maximum absolute atomic E-state index is 13.2. The summed E-state index contributed by atoms with van der Waals surface area (Å²) < 4.78 is 59.3. The highest BCUT2D eigenvalue weighted by Crippen LogP contribution is 2.45. The maximum Gasteiger partial charge on any atom is 0.297 e. The fourth-order valence-corrected chi connectivity index (χ4v) is 8.74. The second-order valence-corrected chi connectivity index (χ2v) is 32.5. The van der Waals surface area contributed by atoms with Gasteiger partial charge >= 0.3 is 0 Å². The summed E-state index contributed by atoms with van der Waals surface area (Å²) in [6, 6.07) is 6.51. The van der Waals surface area contributed by atoms with E-state index >= 15 is 0 Å². The first kappa shape index (κ1) is 38.8. The third kappa shape index (κ3) is 9.32. The molecule has 0 unspecified atom stereocenters. The molecule has 5 atom stereocenters. The quantitative estimate of drug-likeness (QED) is 0.200. The number of aryl methyl sites for hydroxylation is 1. The van der Waals surface area contributed by atoms with Crippen molar-refractivity contribution in [1.29, 1.82) is 0 Å². The van der Waals surface area contributed by atoms with Crippen molar-refractivity contribution < 1.29 is 35.7 Å². The van der Waals surface area contributed by atoms with Crippen molar-refractivity contribution in [2.75, 3.05) is 6.61 Å². The van der Waals surface area contributed by atoms with Crippen LogP contribution < -0.4 is 0 Å². The summed E-state index contributed by atoms with van der Waals surface area (Å²) in [5.74, 6) is 0. The van der Waals surface area contributed by atoms with Crippen LogP contribution in [0.5, 0.6) is 0 Å². The Morgan fingerprint density at radius 1 is 0.698 bits per heavy atom. The zero-order valence-corrected chi connectivity index (χ0v) is 33.4. The lowest BCUT2D eigenvalue weighted by Crippen LogP contribution is -2.68. The van der Waals surface area contributed by atoms with Crippen molar-refractivity contribution in [2.45, 2.75) is 159 Å². The number of benzene rings is 1. The number of ether oxygens (including phenoxy) is 1. The zero-order valence-electron chi connectivity index (χ0n) is 29.6. The first-order chi connectivity index (χ1) is 19.0. The van der Waals surface area contributed by atoms with Gasteiger partial charge in [0.05, 0.1) is 11.5 Å². The normalized spacial score (nSPS) is 25.2. The smallest absolute Gasteiger partial charge is 0.297 e.